The maximum absolute atomic E-state index is 12.5. The number of anilines is 1. The molecule has 0 N–H and O–H groups in total. The predicted octanol–water partition coefficient (Wildman–Crippen LogP) is 3.96. The molecule has 1 amide bonds. The van der Waals surface area contributed by atoms with Crippen LogP contribution in [0.5, 0.6) is 5.75 Å². The third-order valence-electron chi connectivity index (χ3n) is 4.69. The van der Waals surface area contributed by atoms with Crippen LogP contribution in [0.1, 0.15) is 30.7 Å². The van der Waals surface area contributed by atoms with Gasteiger partial charge in [-0.15, -0.1) is 0 Å². The van der Waals surface area contributed by atoms with E-state index in [0.717, 1.165) is 16.8 Å². The van der Waals surface area contributed by atoms with Crippen LogP contribution in [-0.2, 0) is 4.79 Å². The molecule has 0 aliphatic carbocycles. The highest BCUT2D eigenvalue weighted by molar-refractivity contribution is 5.96. The number of hydrogen-bond donors (Lipinski definition) is 0. The summed E-state index contributed by atoms with van der Waals surface area (Å²) in [6.07, 6.45) is 0.375. The summed E-state index contributed by atoms with van der Waals surface area (Å²) in [5.41, 5.74) is 2.83. The second-order valence-corrected chi connectivity index (χ2v) is 6.63. The Labute approximate surface area is 157 Å². The molecule has 2 heterocycles. The molecule has 0 bridgehead atoms. The highest BCUT2D eigenvalue weighted by Gasteiger charge is 2.34. The Hall–Kier alpha value is -3.15. The van der Waals surface area contributed by atoms with Gasteiger partial charge in [-0.25, -0.2) is 0 Å². The van der Waals surface area contributed by atoms with E-state index in [9.17, 15) is 4.79 Å². The van der Waals surface area contributed by atoms with Crippen molar-refractivity contribution in [1.29, 1.82) is 0 Å². The Balaban J connectivity index is 1.56. The van der Waals surface area contributed by atoms with Gasteiger partial charge in [-0.05, 0) is 38.1 Å². The number of benzene rings is 2. The minimum absolute atomic E-state index is 0.0740. The molecule has 6 nitrogen and oxygen atoms in total. The zero-order valence-corrected chi connectivity index (χ0v) is 15.4. The van der Waals surface area contributed by atoms with E-state index in [1.54, 1.807) is 4.90 Å². The summed E-state index contributed by atoms with van der Waals surface area (Å²) in [6, 6.07) is 15.5. The van der Waals surface area contributed by atoms with Gasteiger partial charge in [0.1, 0.15) is 5.75 Å². The summed E-state index contributed by atoms with van der Waals surface area (Å²) < 4.78 is 11.1. The van der Waals surface area contributed by atoms with Crippen molar-refractivity contribution in [1.82, 2.24) is 10.1 Å². The van der Waals surface area contributed by atoms with Crippen LogP contribution in [0.25, 0.3) is 11.5 Å². The average molecular weight is 363 g/mol. The lowest BCUT2D eigenvalue weighted by molar-refractivity contribution is -0.117. The van der Waals surface area contributed by atoms with Crippen molar-refractivity contribution in [2.45, 2.75) is 26.2 Å². The molecule has 3 aromatic rings. The van der Waals surface area contributed by atoms with Crippen LogP contribution in [0, 0.1) is 6.92 Å². The van der Waals surface area contributed by atoms with Crippen LogP contribution in [-0.4, -0.2) is 29.2 Å². The van der Waals surface area contributed by atoms with Crippen molar-refractivity contribution in [2.75, 3.05) is 18.1 Å². The largest absolute Gasteiger partial charge is 0.493 e. The third-order valence-corrected chi connectivity index (χ3v) is 4.69. The zero-order valence-electron chi connectivity index (χ0n) is 15.4. The maximum Gasteiger partial charge on any atom is 0.261 e. The van der Waals surface area contributed by atoms with Gasteiger partial charge in [-0.2, -0.15) is 4.98 Å². The number of carbonyl (C=O) groups excluding carboxylic acids is 1. The van der Waals surface area contributed by atoms with Gasteiger partial charge < -0.3 is 14.2 Å². The average Bonchev–Trinajstić information content (AvgIpc) is 3.30. The van der Waals surface area contributed by atoms with Gasteiger partial charge in [0.2, 0.25) is 5.91 Å². The van der Waals surface area contributed by atoms with Crippen molar-refractivity contribution in [3.8, 4) is 17.2 Å². The van der Waals surface area contributed by atoms with E-state index in [0.29, 0.717) is 37.0 Å². The second-order valence-electron chi connectivity index (χ2n) is 6.63. The Kier molecular flexibility index (Phi) is 4.62. The van der Waals surface area contributed by atoms with Crippen LogP contribution >= 0.6 is 0 Å². The van der Waals surface area contributed by atoms with Gasteiger partial charge in [0.15, 0.2) is 5.82 Å². The van der Waals surface area contributed by atoms with E-state index >= 15 is 0 Å². The smallest absolute Gasteiger partial charge is 0.261 e. The van der Waals surface area contributed by atoms with Crippen molar-refractivity contribution < 1.29 is 14.1 Å². The van der Waals surface area contributed by atoms with Crippen LogP contribution in [0.2, 0.25) is 0 Å². The van der Waals surface area contributed by atoms with E-state index in [4.69, 9.17) is 9.26 Å². The number of ether oxygens (including phenoxy) is 1. The Morgan fingerprint density at radius 2 is 1.96 bits per heavy atom. The molecule has 1 aromatic heterocycles. The molecule has 1 aliphatic heterocycles. The maximum atomic E-state index is 12.5. The molecule has 138 valence electrons. The molecule has 0 spiro atoms. The first-order valence-corrected chi connectivity index (χ1v) is 9.08. The number of aromatic nitrogens is 2. The summed E-state index contributed by atoms with van der Waals surface area (Å²) >= 11 is 0. The normalized spacial score (nSPS) is 16.7. The van der Waals surface area contributed by atoms with Crippen molar-refractivity contribution >= 4 is 11.6 Å². The lowest BCUT2D eigenvalue weighted by atomic mass is 10.1. The number of rotatable bonds is 5. The van der Waals surface area contributed by atoms with Gasteiger partial charge in [-0.1, -0.05) is 35.0 Å². The molecule has 1 fully saturated rings. The van der Waals surface area contributed by atoms with E-state index in [-0.39, 0.29) is 11.8 Å². The lowest BCUT2D eigenvalue weighted by Crippen LogP contribution is -2.24. The van der Waals surface area contributed by atoms with E-state index in [1.165, 1.54) is 0 Å². The van der Waals surface area contributed by atoms with Gasteiger partial charge in [0.25, 0.3) is 5.89 Å². The predicted molar refractivity (Wildman–Crippen MR) is 102 cm³/mol. The number of hydrogen-bond acceptors (Lipinski definition) is 5. The first-order valence-electron chi connectivity index (χ1n) is 9.08. The molecular formula is C21H21N3O3. The monoisotopic (exact) mass is 363 g/mol. The molecule has 1 atom stereocenters. The van der Waals surface area contributed by atoms with Crippen molar-refractivity contribution in [2.24, 2.45) is 0 Å². The zero-order chi connectivity index (χ0) is 18.8. The van der Waals surface area contributed by atoms with Crippen molar-refractivity contribution in [3.05, 3.63) is 59.9 Å². The molecule has 0 unspecified atom stereocenters. The molecule has 2 aromatic carbocycles. The van der Waals surface area contributed by atoms with Crippen LogP contribution in [0.15, 0.2) is 53.1 Å². The SMILES string of the molecule is CCOc1ccccc1-c1nc([C@@H]2CC(=O)N(c3ccc(C)cc3)C2)no1. The van der Waals surface area contributed by atoms with Crippen LogP contribution < -0.4 is 9.64 Å². The van der Waals surface area contributed by atoms with Gasteiger partial charge >= 0.3 is 0 Å². The number of carbonyl (C=O) groups is 1. The highest BCUT2D eigenvalue weighted by Crippen LogP contribution is 2.33. The summed E-state index contributed by atoms with van der Waals surface area (Å²) in [5, 5.41) is 4.13. The fourth-order valence-electron chi connectivity index (χ4n) is 3.29. The fraction of sp³-hybridized carbons (Fsp3) is 0.286. The van der Waals surface area contributed by atoms with Crippen molar-refractivity contribution in [3.63, 3.8) is 0 Å². The molecule has 4 rings (SSSR count). The minimum Gasteiger partial charge on any atom is -0.493 e. The number of aryl methyl sites for hydroxylation is 1. The quantitative estimate of drug-likeness (QED) is 0.686. The van der Waals surface area contributed by atoms with Gasteiger partial charge in [-0.3, -0.25) is 4.79 Å². The second kappa shape index (κ2) is 7.23. The Morgan fingerprint density at radius 3 is 2.74 bits per heavy atom. The molecular weight excluding hydrogens is 342 g/mol. The topological polar surface area (TPSA) is 68.5 Å². The molecule has 0 radical (unpaired) electrons. The summed E-state index contributed by atoms with van der Waals surface area (Å²) in [5.74, 6) is 1.66. The van der Waals surface area contributed by atoms with Crippen LogP contribution in [0.4, 0.5) is 5.69 Å². The third kappa shape index (κ3) is 3.43. The summed E-state index contributed by atoms with van der Waals surface area (Å²) in [7, 11) is 0. The Morgan fingerprint density at radius 1 is 1.19 bits per heavy atom. The summed E-state index contributed by atoms with van der Waals surface area (Å²) in [6.45, 7) is 5.06. The first-order chi connectivity index (χ1) is 13.2. The minimum atomic E-state index is -0.0874. The summed E-state index contributed by atoms with van der Waals surface area (Å²) in [4.78, 5) is 18.8. The van der Waals surface area contributed by atoms with E-state index in [2.05, 4.69) is 10.1 Å². The molecule has 0 saturated carbocycles. The van der Waals surface area contributed by atoms with E-state index in [1.807, 2.05) is 62.4 Å². The highest BCUT2D eigenvalue weighted by atomic mass is 16.5. The fourth-order valence-corrected chi connectivity index (χ4v) is 3.29. The molecule has 27 heavy (non-hydrogen) atoms. The molecule has 1 aliphatic rings. The number of para-hydroxylation sites is 1. The van der Waals surface area contributed by atoms with Gasteiger partial charge in [0.05, 0.1) is 12.2 Å². The Bertz CT molecular complexity index is 949. The first kappa shape index (κ1) is 17.3. The molecule has 6 heteroatoms. The van der Waals surface area contributed by atoms with E-state index < -0.39 is 0 Å². The number of amides is 1. The lowest BCUT2D eigenvalue weighted by Gasteiger charge is -2.16. The standard InChI is InChI=1S/C21H21N3O3/c1-3-26-18-7-5-4-6-17(18)21-22-20(23-27-21)15-12-19(25)24(13-15)16-10-8-14(2)9-11-16/h4-11,15H,3,12-13H2,1-2H3/t15-/m1/s1. The number of nitrogens with zero attached hydrogens (tertiary/aromatic N) is 3. The van der Waals surface area contributed by atoms with Gasteiger partial charge in [0, 0.05) is 24.6 Å². The van der Waals surface area contributed by atoms with Crippen LogP contribution in [0.3, 0.4) is 0 Å². The molecule has 1 saturated heterocycles.